The van der Waals surface area contributed by atoms with E-state index in [4.69, 9.17) is 4.74 Å². The van der Waals surface area contributed by atoms with Crippen LogP contribution in [0.4, 0.5) is 0 Å². The molecule has 140 valence electrons. The standard InChI is InChI=1S/C22H34O3/c1-3-5-7-8-18-9-11-20(12-10-18)22(24)15-13-19(14-16-22)21(23)25-17-6-4-2/h9-12,19,24H,3-8,13-17H2,1-2H3. The van der Waals surface area contributed by atoms with Gasteiger partial charge in [-0.2, -0.15) is 0 Å². The molecule has 1 aromatic carbocycles. The van der Waals surface area contributed by atoms with Crippen LogP contribution in [0.15, 0.2) is 24.3 Å². The third-order valence-corrected chi connectivity index (χ3v) is 5.45. The number of aryl methyl sites for hydroxylation is 1. The van der Waals surface area contributed by atoms with E-state index < -0.39 is 5.60 Å². The number of rotatable bonds is 9. The van der Waals surface area contributed by atoms with Gasteiger partial charge in [-0.15, -0.1) is 0 Å². The molecule has 3 nitrogen and oxygen atoms in total. The zero-order valence-corrected chi connectivity index (χ0v) is 15.9. The molecule has 0 unspecified atom stereocenters. The van der Waals surface area contributed by atoms with E-state index in [1.807, 2.05) is 0 Å². The molecule has 0 heterocycles. The topological polar surface area (TPSA) is 46.5 Å². The van der Waals surface area contributed by atoms with Gasteiger partial charge in [-0.05, 0) is 56.1 Å². The molecule has 1 aliphatic carbocycles. The molecule has 1 aromatic rings. The molecule has 0 saturated heterocycles. The van der Waals surface area contributed by atoms with Crippen molar-refractivity contribution < 1.29 is 14.6 Å². The smallest absolute Gasteiger partial charge is 0.308 e. The van der Waals surface area contributed by atoms with Crippen molar-refractivity contribution in [2.75, 3.05) is 6.61 Å². The highest BCUT2D eigenvalue weighted by Crippen LogP contribution is 2.40. The molecule has 0 aromatic heterocycles. The summed E-state index contributed by atoms with van der Waals surface area (Å²) in [6.45, 7) is 4.83. The molecule has 0 aliphatic heterocycles. The lowest BCUT2D eigenvalue weighted by molar-refractivity contribution is -0.151. The number of hydrogen-bond acceptors (Lipinski definition) is 3. The van der Waals surface area contributed by atoms with Crippen LogP contribution >= 0.6 is 0 Å². The molecular weight excluding hydrogens is 312 g/mol. The summed E-state index contributed by atoms with van der Waals surface area (Å²) < 4.78 is 5.34. The highest BCUT2D eigenvalue weighted by Gasteiger charge is 2.37. The fourth-order valence-electron chi connectivity index (χ4n) is 3.62. The number of esters is 1. The van der Waals surface area contributed by atoms with Crippen molar-refractivity contribution in [3.63, 3.8) is 0 Å². The Morgan fingerprint density at radius 1 is 1.08 bits per heavy atom. The Hall–Kier alpha value is -1.35. The third-order valence-electron chi connectivity index (χ3n) is 5.45. The van der Waals surface area contributed by atoms with Gasteiger partial charge in [-0.1, -0.05) is 57.4 Å². The van der Waals surface area contributed by atoms with Crippen molar-refractivity contribution >= 4 is 5.97 Å². The monoisotopic (exact) mass is 346 g/mol. The van der Waals surface area contributed by atoms with E-state index in [9.17, 15) is 9.90 Å². The van der Waals surface area contributed by atoms with Crippen LogP contribution in [0, 0.1) is 5.92 Å². The summed E-state index contributed by atoms with van der Waals surface area (Å²) in [6, 6.07) is 8.43. The van der Waals surface area contributed by atoms with Gasteiger partial charge in [0.15, 0.2) is 0 Å². The molecule has 25 heavy (non-hydrogen) atoms. The number of ether oxygens (including phenoxy) is 1. The maximum absolute atomic E-state index is 12.1. The van der Waals surface area contributed by atoms with Crippen LogP contribution in [-0.4, -0.2) is 17.7 Å². The predicted octanol–water partition coefficient (Wildman–Crippen LogP) is 5.14. The maximum Gasteiger partial charge on any atom is 0.308 e. The molecule has 0 atom stereocenters. The second-order valence-electron chi connectivity index (χ2n) is 7.48. The molecule has 2 rings (SSSR count). The van der Waals surface area contributed by atoms with Gasteiger partial charge in [0.1, 0.15) is 0 Å². The molecule has 1 N–H and O–H groups in total. The number of carbonyl (C=O) groups is 1. The minimum Gasteiger partial charge on any atom is -0.465 e. The summed E-state index contributed by atoms with van der Waals surface area (Å²) in [5, 5.41) is 11.0. The van der Waals surface area contributed by atoms with E-state index in [0.717, 1.165) is 24.8 Å². The lowest BCUT2D eigenvalue weighted by Crippen LogP contribution is -2.34. The van der Waals surface area contributed by atoms with Crippen molar-refractivity contribution in [1.29, 1.82) is 0 Å². The largest absolute Gasteiger partial charge is 0.465 e. The van der Waals surface area contributed by atoms with Crippen LogP contribution in [0.1, 0.15) is 82.8 Å². The van der Waals surface area contributed by atoms with Gasteiger partial charge in [0, 0.05) is 0 Å². The Labute approximate surface area is 152 Å². The van der Waals surface area contributed by atoms with Crippen LogP contribution in [0.25, 0.3) is 0 Å². The first-order valence-corrected chi connectivity index (χ1v) is 10.1. The maximum atomic E-state index is 12.1. The molecule has 1 aliphatic rings. The Bertz CT molecular complexity index is 513. The van der Waals surface area contributed by atoms with Crippen LogP contribution in [-0.2, 0) is 21.6 Å². The number of hydrogen-bond donors (Lipinski definition) is 1. The lowest BCUT2D eigenvalue weighted by Gasteiger charge is -2.35. The van der Waals surface area contributed by atoms with Crippen LogP contribution < -0.4 is 0 Å². The lowest BCUT2D eigenvalue weighted by atomic mass is 9.75. The fourth-order valence-corrected chi connectivity index (χ4v) is 3.62. The van der Waals surface area contributed by atoms with Gasteiger partial charge in [0.25, 0.3) is 0 Å². The summed E-state index contributed by atoms with van der Waals surface area (Å²) in [4.78, 5) is 12.1. The molecule has 1 fully saturated rings. The Morgan fingerprint density at radius 3 is 2.32 bits per heavy atom. The first-order valence-electron chi connectivity index (χ1n) is 10.1. The molecular formula is C22H34O3. The fraction of sp³-hybridized carbons (Fsp3) is 0.682. The van der Waals surface area contributed by atoms with Crippen molar-refractivity contribution in [3.8, 4) is 0 Å². The van der Waals surface area contributed by atoms with Gasteiger partial charge in [0.05, 0.1) is 18.1 Å². The van der Waals surface area contributed by atoms with E-state index in [1.54, 1.807) is 0 Å². The second-order valence-corrected chi connectivity index (χ2v) is 7.48. The van der Waals surface area contributed by atoms with Gasteiger partial charge in [-0.3, -0.25) is 4.79 Å². The van der Waals surface area contributed by atoms with E-state index >= 15 is 0 Å². The van der Waals surface area contributed by atoms with E-state index in [2.05, 4.69) is 38.1 Å². The minimum absolute atomic E-state index is 0.0505. The molecule has 0 spiro atoms. The summed E-state index contributed by atoms with van der Waals surface area (Å²) in [5.41, 5.74) is 1.54. The van der Waals surface area contributed by atoms with E-state index in [1.165, 1.54) is 24.8 Å². The Morgan fingerprint density at radius 2 is 1.72 bits per heavy atom. The van der Waals surface area contributed by atoms with E-state index in [-0.39, 0.29) is 11.9 Å². The van der Waals surface area contributed by atoms with Crippen molar-refractivity contribution in [1.82, 2.24) is 0 Å². The average Bonchev–Trinajstić information content (AvgIpc) is 2.63. The Kier molecular flexibility index (Phi) is 7.95. The molecule has 0 amide bonds. The summed E-state index contributed by atoms with van der Waals surface area (Å²) >= 11 is 0. The van der Waals surface area contributed by atoms with Crippen molar-refractivity contribution in [2.24, 2.45) is 5.92 Å². The van der Waals surface area contributed by atoms with Gasteiger partial charge >= 0.3 is 5.97 Å². The van der Waals surface area contributed by atoms with Crippen LogP contribution in [0.5, 0.6) is 0 Å². The van der Waals surface area contributed by atoms with Gasteiger partial charge in [-0.25, -0.2) is 0 Å². The number of aliphatic hydroxyl groups is 1. The van der Waals surface area contributed by atoms with Crippen molar-refractivity contribution in [2.45, 2.75) is 83.7 Å². The highest BCUT2D eigenvalue weighted by molar-refractivity contribution is 5.72. The summed E-state index contributed by atoms with van der Waals surface area (Å²) in [7, 11) is 0. The molecule has 0 radical (unpaired) electrons. The molecule has 0 bridgehead atoms. The highest BCUT2D eigenvalue weighted by atomic mass is 16.5. The summed E-state index contributed by atoms with van der Waals surface area (Å²) in [5.74, 6) is -0.132. The van der Waals surface area contributed by atoms with E-state index in [0.29, 0.717) is 32.3 Å². The van der Waals surface area contributed by atoms with Crippen LogP contribution in [0.3, 0.4) is 0 Å². The van der Waals surface area contributed by atoms with Gasteiger partial charge < -0.3 is 9.84 Å². The predicted molar refractivity (Wildman–Crippen MR) is 101 cm³/mol. The van der Waals surface area contributed by atoms with Gasteiger partial charge in [0.2, 0.25) is 0 Å². The SMILES string of the molecule is CCCCCc1ccc(C2(O)CCC(C(=O)OCCCC)CC2)cc1. The minimum atomic E-state index is -0.790. The zero-order chi connectivity index (χ0) is 18.1. The average molecular weight is 347 g/mol. The number of carbonyl (C=O) groups excluding carboxylic acids is 1. The Balaban J connectivity index is 1.85. The first kappa shape index (κ1) is 20.0. The third kappa shape index (κ3) is 5.85. The normalized spacial score (nSPS) is 23.4. The molecule has 3 heteroatoms. The first-order chi connectivity index (χ1) is 12.1. The number of unbranched alkanes of at least 4 members (excludes halogenated alkanes) is 3. The van der Waals surface area contributed by atoms with Crippen molar-refractivity contribution in [3.05, 3.63) is 35.4 Å². The number of benzene rings is 1. The zero-order valence-electron chi connectivity index (χ0n) is 15.9. The molecule has 1 saturated carbocycles. The quantitative estimate of drug-likeness (QED) is 0.497. The second kappa shape index (κ2) is 9.96. The summed E-state index contributed by atoms with van der Waals surface area (Å²) in [6.07, 6.45) is 9.48. The van der Waals surface area contributed by atoms with Crippen LogP contribution in [0.2, 0.25) is 0 Å².